The van der Waals surface area contributed by atoms with Gasteiger partial charge in [0.2, 0.25) is 5.91 Å². The predicted octanol–water partition coefficient (Wildman–Crippen LogP) is 3.90. The number of amides is 1. The molecule has 1 aromatic rings. The van der Waals surface area contributed by atoms with Gasteiger partial charge in [-0.1, -0.05) is 24.4 Å². The van der Waals surface area contributed by atoms with E-state index in [1.54, 1.807) is 12.1 Å². The van der Waals surface area contributed by atoms with Crippen LogP contribution in [0.1, 0.15) is 38.5 Å². The van der Waals surface area contributed by atoms with E-state index in [2.05, 4.69) is 0 Å². The molecule has 110 valence electrons. The minimum Gasteiger partial charge on any atom is -0.494 e. The quantitative estimate of drug-likeness (QED) is 0.745. The average molecular weight is 296 g/mol. The van der Waals surface area contributed by atoms with E-state index in [1.807, 2.05) is 24.1 Å². The van der Waals surface area contributed by atoms with Crippen LogP contribution in [0.3, 0.4) is 0 Å². The monoisotopic (exact) mass is 295 g/mol. The van der Waals surface area contributed by atoms with Crippen LogP contribution >= 0.6 is 11.6 Å². The Bertz CT molecular complexity index is 427. The lowest BCUT2D eigenvalue weighted by molar-refractivity contribution is -0.132. The second-order valence-electron chi connectivity index (χ2n) is 5.35. The molecule has 0 aliphatic heterocycles. The average Bonchev–Trinajstić information content (AvgIpc) is 2.98. The van der Waals surface area contributed by atoms with Crippen molar-refractivity contribution in [3.8, 4) is 5.75 Å². The van der Waals surface area contributed by atoms with Gasteiger partial charge in [0.15, 0.2) is 0 Å². The molecule has 4 heteroatoms. The Morgan fingerprint density at radius 3 is 2.60 bits per heavy atom. The second-order valence-corrected chi connectivity index (χ2v) is 5.79. The Morgan fingerprint density at radius 1 is 1.30 bits per heavy atom. The van der Waals surface area contributed by atoms with Gasteiger partial charge in [0, 0.05) is 24.5 Å². The number of hydrogen-bond donors (Lipinski definition) is 0. The Hall–Kier alpha value is -1.22. The predicted molar refractivity (Wildman–Crippen MR) is 81.2 cm³/mol. The molecule has 0 heterocycles. The zero-order chi connectivity index (χ0) is 14.4. The maximum Gasteiger partial charge on any atom is 0.222 e. The molecule has 1 aromatic carbocycles. The van der Waals surface area contributed by atoms with Crippen LogP contribution in [0.2, 0.25) is 5.02 Å². The third-order valence-electron chi connectivity index (χ3n) is 3.88. The van der Waals surface area contributed by atoms with Crippen molar-refractivity contribution in [1.82, 2.24) is 4.90 Å². The van der Waals surface area contributed by atoms with E-state index in [1.165, 1.54) is 12.8 Å². The second kappa shape index (κ2) is 7.53. The van der Waals surface area contributed by atoms with Gasteiger partial charge >= 0.3 is 0 Å². The van der Waals surface area contributed by atoms with E-state index in [9.17, 15) is 4.79 Å². The van der Waals surface area contributed by atoms with Gasteiger partial charge in [-0.05, 0) is 43.5 Å². The van der Waals surface area contributed by atoms with Gasteiger partial charge in [0.1, 0.15) is 5.75 Å². The summed E-state index contributed by atoms with van der Waals surface area (Å²) in [5.41, 5.74) is 0. The summed E-state index contributed by atoms with van der Waals surface area (Å²) >= 11 is 5.81. The van der Waals surface area contributed by atoms with E-state index in [4.69, 9.17) is 16.3 Å². The third kappa shape index (κ3) is 4.41. The van der Waals surface area contributed by atoms with Crippen LogP contribution in [0.4, 0.5) is 0 Å². The van der Waals surface area contributed by atoms with Gasteiger partial charge in [0.05, 0.1) is 6.61 Å². The molecule has 0 aromatic heterocycles. The molecule has 3 nitrogen and oxygen atoms in total. The summed E-state index contributed by atoms with van der Waals surface area (Å²) < 4.78 is 5.59. The summed E-state index contributed by atoms with van der Waals surface area (Å²) in [6.07, 6.45) is 6.12. The van der Waals surface area contributed by atoms with Gasteiger partial charge in [-0.25, -0.2) is 0 Å². The molecule has 0 bridgehead atoms. The Balaban J connectivity index is 1.65. The topological polar surface area (TPSA) is 29.5 Å². The molecule has 0 spiro atoms. The lowest BCUT2D eigenvalue weighted by atomic mass is 10.2. The van der Waals surface area contributed by atoms with Crippen molar-refractivity contribution in [2.24, 2.45) is 0 Å². The van der Waals surface area contributed by atoms with Crippen LogP contribution in [-0.2, 0) is 4.79 Å². The zero-order valence-electron chi connectivity index (χ0n) is 12.0. The summed E-state index contributed by atoms with van der Waals surface area (Å²) in [5, 5.41) is 0.700. The first kappa shape index (κ1) is 15.2. The van der Waals surface area contributed by atoms with Crippen molar-refractivity contribution in [3.63, 3.8) is 0 Å². The Labute approximate surface area is 125 Å². The molecular formula is C16H22ClNO2. The molecule has 0 atom stereocenters. The smallest absolute Gasteiger partial charge is 0.222 e. The number of rotatable bonds is 6. The third-order valence-corrected chi connectivity index (χ3v) is 4.14. The van der Waals surface area contributed by atoms with Crippen LogP contribution < -0.4 is 4.74 Å². The van der Waals surface area contributed by atoms with Crippen LogP contribution in [0.5, 0.6) is 5.75 Å². The molecule has 1 amide bonds. The van der Waals surface area contributed by atoms with Crippen molar-refractivity contribution in [3.05, 3.63) is 29.3 Å². The highest BCUT2D eigenvalue weighted by Crippen LogP contribution is 2.23. The first-order valence-electron chi connectivity index (χ1n) is 7.31. The molecule has 1 saturated carbocycles. The van der Waals surface area contributed by atoms with Gasteiger partial charge in [-0.2, -0.15) is 0 Å². The van der Waals surface area contributed by atoms with Crippen molar-refractivity contribution < 1.29 is 9.53 Å². The number of nitrogens with zero attached hydrogens (tertiary/aromatic N) is 1. The van der Waals surface area contributed by atoms with Crippen molar-refractivity contribution in [1.29, 1.82) is 0 Å². The highest BCUT2D eigenvalue weighted by Gasteiger charge is 2.22. The highest BCUT2D eigenvalue weighted by atomic mass is 35.5. The maximum absolute atomic E-state index is 12.0. The van der Waals surface area contributed by atoms with E-state index in [0.29, 0.717) is 24.1 Å². The molecule has 1 aliphatic carbocycles. The highest BCUT2D eigenvalue weighted by molar-refractivity contribution is 6.30. The fourth-order valence-electron chi connectivity index (χ4n) is 2.62. The molecule has 0 saturated heterocycles. The molecule has 2 rings (SSSR count). The normalized spacial score (nSPS) is 15.3. The van der Waals surface area contributed by atoms with Crippen LogP contribution in [0, 0.1) is 0 Å². The lowest BCUT2D eigenvalue weighted by Crippen LogP contribution is -2.35. The van der Waals surface area contributed by atoms with Crippen molar-refractivity contribution in [2.75, 3.05) is 13.7 Å². The number of hydrogen-bond acceptors (Lipinski definition) is 2. The Morgan fingerprint density at radius 2 is 1.95 bits per heavy atom. The van der Waals surface area contributed by atoms with Gasteiger partial charge < -0.3 is 9.64 Å². The first-order chi connectivity index (χ1) is 9.66. The number of carbonyl (C=O) groups excluding carboxylic acids is 1. The molecule has 0 N–H and O–H groups in total. The molecule has 0 unspecified atom stereocenters. The fourth-order valence-corrected chi connectivity index (χ4v) is 2.74. The van der Waals surface area contributed by atoms with Gasteiger partial charge in [-0.15, -0.1) is 0 Å². The van der Waals surface area contributed by atoms with Crippen LogP contribution in [-0.4, -0.2) is 30.5 Å². The minimum atomic E-state index is 0.233. The zero-order valence-corrected chi connectivity index (χ0v) is 12.7. The lowest BCUT2D eigenvalue weighted by Gasteiger charge is -2.24. The number of halogens is 1. The number of carbonyl (C=O) groups is 1. The summed E-state index contributed by atoms with van der Waals surface area (Å²) in [5.74, 6) is 1.03. The summed E-state index contributed by atoms with van der Waals surface area (Å²) in [7, 11) is 1.93. The standard InChI is InChI=1S/C16H22ClNO2/c1-18(14-5-2-3-6-14)16(19)7-4-12-20-15-10-8-13(17)9-11-15/h8-11,14H,2-7,12H2,1H3. The maximum atomic E-state index is 12.0. The fraction of sp³-hybridized carbons (Fsp3) is 0.562. The summed E-state index contributed by atoms with van der Waals surface area (Å²) in [6.45, 7) is 0.561. The number of benzene rings is 1. The van der Waals surface area contributed by atoms with Gasteiger partial charge in [0.25, 0.3) is 0 Å². The summed E-state index contributed by atoms with van der Waals surface area (Å²) in [6, 6.07) is 7.75. The van der Waals surface area contributed by atoms with Crippen LogP contribution in [0.15, 0.2) is 24.3 Å². The van der Waals surface area contributed by atoms with Crippen molar-refractivity contribution in [2.45, 2.75) is 44.6 Å². The first-order valence-corrected chi connectivity index (χ1v) is 7.68. The van der Waals surface area contributed by atoms with E-state index < -0.39 is 0 Å². The molecular weight excluding hydrogens is 274 g/mol. The molecule has 1 aliphatic rings. The number of ether oxygens (including phenoxy) is 1. The van der Waals surface area contributed by atoms with Crippen LogP contribution in [0.25, 0.3) is 0 Å². The largest absolute Gasteiger partial charge is 0.494 e. The van der Waals surface area contributed by atoms with E-state index >= 15 is 0 Å². The SMILES string of the molecule is CN(C(=O)CCCOc1ccc(Cl)cc1)C1CCCC1. The van der Waals surface area contributed by atoms with E-state index in [0.717, 1.165) is 25.0 Å². The van der Waals surface area contributed by atoms with Gasteiger partial charge in [-0.3, -0.25) is 4.79 Å². The molecule has 20 heavy (non-hydrogen) atoms. The van der Waals surface area contributed by atoms with E-state index in [-0.39, 0.29) is 5.91 Å². The molecule has 1 fully saturated rings. The summed E-state index contributed by atoms with van der Waals surface area (Å²) in [4.78, 5) is 14.0. The Kier molecular flexibility index (Phi) is 5.72. The minimum absolute atomic E-state index is 0.233. The van der Waals surface area contributed by atoms with Crippen molar-refractivity contribution >= 4 is 17.5 Å². The molecule has 0 radical (unpaired) electrons.